The third-order valence-electron chi connectivity index (χ3n) is 5.03. The van der Waals surface area contributed by atoms with Crippen LogP contribution in [0.5, 0.6) is 0 Å². The zero-order chi connectivity index (χ0) is 20.3. The Morgan fingerprint density at radius 2 is 1.50 bits per heavy atom. The van der Waals surface area contributed by atoms with Crippen LogP contribution in [0.2, 0.25) is 0 Å². The molecule has 0 heterocycles. The fourth-order valence-corrected chi connectivity index (χ4v) is 7.14. The van der Waals surface area contributed by atoms with Crippen LogP contribution in [0.3, 0.4) is 0 Å². The molecule has 0 saturated heterocycles. The first-order valence-corrected chi connectivity index (χ1v) is 11.1. The van der Waals surface area contributed by atoms with Crippen molar-refractivity contribution < 1.29 is 25.9 Å². The Morgan fingerprint density at radius 3 is 1.88 bits per heavy atom. The fourth-order valence-electron chi connectivity index (χ4n) is 3.59. The van der Waals surface area contributed by atoms with Gasteiger partial charge >= 0.3 is 0 Å². The molecule has 1 aromatic carbocycles. The molecule has 1 aliphatic carbocycles. The van der Waals surface area contributed by atoms with Crippen molar-refractivity contribution in [3.63, 3.8) is 0 Å². The minimum atomic E-state index is -4.88. The van der Waals surface area contributed by atoms with E-state index < -0.39 is 35.6 Å². The quantitative estimate of drug-likeness (QED) is 0.732. The van der Waals surface area contributed by atoms with Crippen molar-refractivity contribution >= 4 is 26.3 Å². The van der Waals surface area contributed by atoms with Gasteiger partial charge in [0.05, 0.1) is 0 Å². The lowest BCUT2D eigenvalue weighted by Gasteiger charge is -2.46. The van der Waals surface area contributed by atoms with Gasteiger partial charge in [-0.15, -0.1) is 0 Å². The standard InChI is InChI=1S/C18H26O6S2/c1-16(2,3)13-7-8-14-12(11-13)9-10-18(17(4,5)6,26(22,23)24)15(14)25(19,20)21/h7-11,15H,1-6H3,(H,19,20,21)(H,22,23,24). The summed E-state index contributed by atoms with van der Waals surface area (Å²) in [6, 6.07) is 5.01. The molecule has 0 spiro atoms. The predicted octanol–water partition coefficient (Wildman–Crippen LogP) is 3.61. The molecule has 8 heteroatoms. The predicted molar refractivity (Wildman–Crippen MR) is 102 cm³/mol. The van der Waals surface area contributed by atoms with Gasteiger partial charge in [-0.3, -0.25) is 9.11 Å². The number of hydrogen-bond acceptors (Lipinski definition) is 4. The van der Waals surface area contributed by atoms with Crippen LogP contribution in [0.4, 0.5) is 0 Å². The van der Waals surface area contributed by atoms with Crippen molar-refractivity contribution in [3.05, 3.63) is 41.0 Å². The molecule has 0 aromatic heterocycles. The molecule has 0 radical (unpaired) electrons. The summed E-state index contributed by atoms with van der Waals surface area (Å²) in [6.45, 7) is 10.5. The number of benzene rings is 1. The maximum absolute atomic E-state index is 12.4. The third kappa shape index (κ3) is 3.24. The van der Waals surface area contributed by atoms with Gasteiger partial charge in [-0.25, -0.2) is 0 Å². The summed E-state index contributed by atoms with van der Waals surface area (Å²) >= 11 is 0. The zero-order valence-corrected chi connectivity index (χ0v) is 17.4. The van der Waals surface area contributed by atoms with E-state index in [4.69, 9.17) is 0 Å². The number of rotatable bonds is 2. The lowest BCUT2D eigenvalue weighted by Crippen LogP contribution is -2.55. The molecule has 26 heavy (non-hydrogen) atoms. The summed E-state index contributed by atoms with van der Waals surface area (Å²) < 4.78 is 67.1. The highest BCUT2D eigenvalue weighted by Crippen LogP contribution is 2.54. The average Bonchev–Trinajstić information content (AvgIpc) is 2.40. The van der Waals surface area contributed by atoms with E-state index in [1.807, 2.05) is 20.8 Å². The van der Waals surface area contributed by atoms with Crippen LogP contribution in [0, 0.1) is 5.41 Å². The Labute approximate surface area is 155 Å². The van der Waals surface area contributed by atoms with E-state index in [-0.39, 0.29) is 11.0 Å². The van der Waals surface area contributed by atoms with Gasteiger partial charge in [0.15, 0.2) is 0 Å². The van der Waals surface area contributed by atoms with E-state index >= 15 is 0 Å². The molecule has 1 aliphatic rings. The van der Waals surface area contributed by atoms with Crippen LogP contribution in [0.15, 0.2) is 24.3 Å². The van der Waals surface area contributed by atoms with Crippen LogP contribution in [-0.2, 0) is 25.7 Å². The first-order chi connectivity index (χ1) is 11.4. The maximum Gasteiger partial charge on any atom is 0.276 e. The van der Waals surface area contributed by atoms with Gasteiger partial charge in [-0.1, -0.05) is 71.9 Å². The highest BCUT2D eigenvalue weighted by molar-refractivity contribution is 7.91. The lowest BCUT2D eigenvalue weighted by atomic mass is 9.72. The minimum Gasteiger partial charge on any atom is -0.285 e. The second-order valence-corrected chi connectivity index (χ2v) is 12.0. The molecular weight excluding hydrogens is 376 g/mol. The van der Waals surface area contributed by atoms with Crippen molar-refractivity contribution in [2.45, 2.75) is 57.0 Å². The van der Waals surface area contributed by atoms with Crippen LogP contribution in [0.25, 0.3) is 6.08 Å². The zero-order valence-electron chi connectivity index (χ0n) is 15.8. The highest BCUT2D eigenvalue weighted by atomic mass is 32.2. The first-order valence-electron chi connectivity index (χ1n) is 8.20. The molecule has 2 unspecified atom stereocenters. The molecule has 2 rings (SSSR count). The molecule has 0 bridgehead atoms. The largest absolute Gasteiger partial charge is 0.285 e. The second kappa shape index (κ2) is 5.89. The monoisotopic (exact) mass is 402 g/mol. The van der Waals surface area contributed by atoms with Gasteiger partial charge in [-0.2, -0.15) is 16.8 Å². The summed E-state index contributed by atoms with van der Waals surface area (Å²) in [4.78, 5) is 0. The first kappa shape index (κ1) is 21.1. The van der Waals surface area contributed by atoms with Gasteiger partial charge < -0.3 is 0 Å². The van der Waals surface area contributed by atoms with Crippen molar-refractivity contribution in [1.82, 2.24) is 0 Å². The molecule has 0 amide bonds. The van der Waals surface area contributed by atoms with Crippen molar-refractivity contribution in [1.29, 1.82) is 0 Å². The molecular formula is C18H26O6S2. The number of hydrogen-bond donors (Lipinski definition) is 2. The molecule has 1 aromatic rings. The molecule has 0 fully saturated rings. The topological polar surface area (TPSA) is 109 Å². The van der Waals surface area contributed by atoms with Crippen molar-refractivity contribution in [2.24, 2.45) is 5.41 Å². The van der Waals surface area contributed by atoms with Crippen molar-refractivity contribution in [3.8, 4) is 0 Å². The van der Waals surface area contributed by atoms with E-state index in [1.54, 1.807) is 12.1 Å². The van der Waals surface area contributed by atoms with E-state index in [9.17, 15) is 25.9 Å². The summed E-state index contributed by atoms with van der Waals surface area (Å²) in [5, 5.41) is -1.83. The Bertz CT molecular complexity index is 960. The van der Waals surface area contributed by atoms with Gasteiger partial charge in [0, 0.05) is 0 Å². The summed E-state index contributed by atoms with van der Waals surface area (Å²) in [5.74, 6) is 0. The maximum atomic E-state index is 12.4. The normalized spacial score (nSPS) is 24.4. The molecule has 2 N–H and O–H groups in total. The van der Waals surface area contributed by atoms with E-state index in [1.165, 1.54) is 39.0 Å². The highest BCUT2D eigenvalue weighted by Gasteiger charge is 2.62. The SMILES string of the molecule is CC(C)(C)c1ccc2c(c1)C=CC(C(C)(C)C)(S(=O)(=O)O)C2S(=O)(=O)O. The molecule has 0 aliphatic heterocycles. The van der Waals surface area contributed by atoms with Crippen LogP contribution >= 0.6 is 0 Å². The molecule has 0 saturated carbocycles. The Balaban J connectivity index is 2.94. The van der Waals surface area contributed by atoms with Gasteiger partial charge in [-0.05, 0) is 27.5 Å². The van der Waals surface area contributed by atoms with Gasteiger partial charge in [0.25, 0.3) is 20.2 Å². The van der Waals surface area contributed by atoms with E-state index in [0.29, 0.717) is 5.56 Å². The van der Waals surface area contributed by atoms with E-state index in [0.717, 1.165) is 5.56 Å². The Morgan fingerprint density at radius 1 is 0.962 bits per heavy atom. The summed E-state index contributed by atoms with van der Waals surface area (Å²) in [6.07, 6.45) is 2.70. The minimum absolute atomic E-state index is 0.149. The average molecular weight is 403 g/mol. The molecule has 2 atom stereocenters. The molecule has 6 nitrogen and oxygen atoms in total. The second-order valence-electron chi connectivity index (χ2n) is 8.84. The lowest BCUT2D eigenvalue weighted by molar-refractivity contribution is 0.272. The third-order valence-corrected chi connectivity index (χ3v) is 8.24. The fraction of sp³-hybridized carbons (Fsp3) is 0.556. The summed E-state index contributed by atoms with van der Waals surface area (Å²) in [7, 11) is -9.74. The van der Waals surface area contributed by atoms with Gasteiger partial charge in [0.1, 0.15) is 10.00 Å². The number of fused-ring (bicyclic) bond motifs is 1. The smallest absolute Gasteiger partial charge is 0.276 e. The Kier molecular flexibility index (Phi) is 4.77. The van der Waals surface area contributed by atoms with Gasteiger partial charge in [0.2, 0.25) is 0 Å². The Hall–Kier alpha value is -1.22. The van der Waals surface area contributed by atoms with Crippen LogP contribution < -0.4 is 0 Å². The van der Waals surface area contributed by atoms with Crippen LogP contribution in [-0.4, -0.2) is 30.7 Å². The van der Waals surface area contributed by atoms with Crippen molar-refractivity contribution in [2.75, 3.05) is 0 Å². The van der Waals surface area contributed by atoms with Crippen LogP contribution in [0.1, 0.15) is 63.5 Å². The van der Waals surface area contributed by atoms with E-state index in [2.05, 4.69) is 0 Å². The molecule has 146 valence electrons. The summed E-state index contributed by atoms with van der Waals surface area (Å²) in [5.41, 5.74) is 0.181.